The van der Waals surface area contributed by atoms with Gasteiger partial charge in [-0.1, -0.05) is 164 Å². The van der Waals surface area contributed by atoms with Crippen LogP contribution in [0.1, 0.15) is 82.7 Å². The lowest BCUT2D eigenvalue weighted by atomic mass is 9.33. The molecule has 0 aromatic heterocycles. The maximum Gasteiger partial charge on any atom is 0.252 e. The summed E-state index contributed by atoms with van der Waals surface area (Å²) in [6.45, 7) is 21.3. The molecule has 0 amide bonds. The van der Waals surface area contributed by atoms with Crippen molar-refractivity contribution >= 4 is 74.3 Å². The predicted octanol–water partition coefficient (Wildman–Crippen LogP) is 16.4. The van der Waals surface area contributed by atoms with Gasteiger partial charge in [0.1, 0.15) is 0 Å². The minimum atomic E-state index is -0.0609. The molecular weight excluding hydrogens is 858 g/mol. The van der Waals surface area contributed by atoms with E-state index in [9.17, 15) is 0 Å². The standard InChI is InChI=1S/C67H62BN3/c1-44-36-62-64-63(37-44)71(59-34-31-49(65(3,4)5)39-53(59)47-24-16-11-17-25-47)61-42-55-54(66(6,7)43-67(55,8)9)41-57(61)68(64)56-40-52(69(50-26-18-12-19-27-50)51-28-20-13-21-29-51)32-35-60(56)70(62)58-33-30-48(38-45(58)2)46-22-14-10-15-23-46/h10-42H,43H2,1-9H3. The van der Waals surface area contributed by atoms with Crippen LogP contribution in [0, 0.1) is 13.8 Å². The average molecular weight is 920 g/mol. The summed E-state index contributed by atoms with van der Waals surface area (Å²) >= 11 is 0. The van der Waals surface area contributed by atoms with E-state index >= 15 is 0 Å². The monoisotopic (exact) mass is 920 g/mol. The zero-order valence-electron chi connectivity index (χ0n) is 42.7. The number of rotatable bonds is 7. The molecule has 3 nitrogen and oxygen atoms in total. The highest BCUT2D eigenvalue weighted by Crippen LogP contribution is 2.54. The van der Waals surface area contributed by atoms with Crippen molar-refractivity contribution in [3.05, 3.63) is 228 Å². The molecule has 3 aliphatic rings. The second kappa shape index (κ2) is 16.5. The normalized spacial score (nSPS) is 14.9. The molecule has 4 heteroatoms. The lowest BCUT2D eigenvalue weighted by Gasteiger charge is -2.46. The third kappa shape index (κ3) is 7.41. The average Bonchev–Trinajstić information content (AvgIpc) is 3.55. The van der Waals surface area contributed by atoms with Gasteiger partial charge in [-0.2, -0.15) is 0 Å². The van der Waals surface area contributed by atoms with Crippen molar-refractivity contribution in [3.8, 4) is 22.3 Å². The van der Waals surface area contributed by atoms with E-state index in [1.807, 2.05) is 0 Å². The van der Waals surface area contributed by atoms with Gasteiger partial charge in [-0.25, -0.2) is 0 Å². The summed E-state index contributed by atoms with van der Waals surface area (Å²) in [4.78, 5) is 7.67. The van der Waals surface area contributed by atoms with Crippen LogP contribution in [0.4, 0.5) is 51.2 Å². The minimum absolute atomic E-state index is 0.000321. The topological polar surface area (TPSA) is 9.72 Å². The first kappa shape index (κ1) is 44.6. The Labute approximate surface area is 422 Å². The van der Waals surface area contributed by atoms with Gasteiger partial charge in [0.2, 0.25) is 0 Å². The van der Waals surface area contributed by atoms with Crippen LogP contribution in [0.25, 0.3) is 22.3 Å². The van der Waals surface area contributed by atoms with Crippen molar-refractivity contribution in [2.24, 2.45) is 0 Å². The van der Waals surface area contributed by atoms with Gasteiger partial charge in [0.05, 0.1) is 5.69 Å². The SMILES string of the molecule is Cc1cc2c3c(c1)N(c1ccc(C(C)(C)C)cc1-c1ccccc1)c1cc4c(cc1B3c1cc(N(c3ccccc3)c3ccccc3)ccc1N2c1ccc(-c2ccccc2)cc1C)C(C)(C)CC4(C)C. The molecule has 0 unspecified atom stereocenters. The van der Waals surface area contributed by atoms with E-state index in [4.69, 9.17) is 0 Å². The third-order valence-electron chi connectivity index (χ3n) is 15.7. The Morgan fingerprint density at radius 3 is 1.55 bits per heavy atom. The Morgan fingerprint density at radius 1 is 0.437 bits per heavy atom. The summed E-state index contributed by atoms with van der Waals surface area (Å²) in [5, 5.41) is 0. The van der Waals surface area contributed by atoms with Crippen LogP contribution >= 0.6 is 0 Å². The van der Waals surface area contributed by atoms with Crippen molar-refractivity contribution in [1.29, 1.82) is 0 Å². The van der Waals surface area contributed by atoms with Gasteiger partial charge in [-0.05, 0) is 182 Å². The fourth-order valence-electron chi connectivity index (χ4n) is 12.6. The molecule has 0 N–H and O–H groups in total. The van der Waals surface area contributed by atoms with E-state index in [0.29, 0.717) is 0 Å². The third-order valence-corrected chi connectivity index (χ3v) is 15.7. The summed E-state index contributed by atoms with van der Waals surface area (Å²) < 4.78 is 0. The number of aryl methyl sites for hydroxylation is 2. The lowest BCUT2D eigenvalue weighted by Crippen LogP contribution is -2.61. The second-order valence-corrected chi connectivity index (χ2v) is 22.7. The van der Waals surface area contributed by atoms with E-state index in [-0.39, 0.29) is 23.0 Å². The van der Waals surface area contributed by atoms with Gasteiger partial charge in [-0.15, -0.1) is 0 Å². The summed E-state index contributed by atoms with van der Waals surface area (Å²) in [6.07, 6.45) is 1.09. The molecule has 0 spiro atoms. The van der Waals surface area contributed by atoms with Crippen molar-refractivity contribution in [2.45, 2.75) is 85.0 Å². The number of nitrogens with zero attached hydrogens (tertiary/aromatic N) is 3. The molecule has 0 atom stereocenters. The second-order valence-electron chi connectivity index (χ2n) is 22.7. The van der Waals surface area contributed by atoms with Gasteiger partial charge in [0.15, 0.2) is 0 Å². The number of para-hydroxylation sites is 2. The zero-order chi connectivity index (χ0) is 49.0. The van der Waals surface area contributed by atoms with Crippen LogP contribution in [0.2, 0.25) is 0 Å². The van der Waals surface area contributed by atoms with Gasteiger partial charge < -0.3 is 14.7 Å². The van der Waals surface area contributed by atoms with E-state index in [1.165, 1.54) is 101 Å². The zero-order valence-corrected chi connectivity index (χ0v) is 42.7. The molecule has 0 bridgehead atoms. The van der Waals surface area contributed by atoms with E-state index in [2.05, 4.69) is 277 Å². The van der Waals surface area contributed by atoms with Crippen LogP contribution in [-0.2, 0) is 16.2 Å². The minimum Gasteiger partial charge on any atom is -0.311 e. The summed E-state index contributed by atoms with van der Waals surface area (Å²) in [6, 6.07) is 75.3. The lowest BCUT2D eigenvalue weighted by molar-refractivity contribution is 0.403. The maximum absolute atomic E-state index is 2.66. The van der Waals surface area contributed by atoms with Crippen molar-refractivity contribution in [2.75, 3.05) is 14.7 Å². The highest BCUT2D eigenvalue weighted by Gasteiger charge is 2.48. The molecule has 2 heterocycles. The molecule has 0 saturated carbocycles. The quantitative estimate of drug-likeness (QED) is 0.148. The number of anilines is 9. The Bertz CT molecular complexity index is 3480. The molecule has 9 aromatic carbocycles. The molecule has 2 aliphatic heterocycles. The van der Waals surface area contributed by atoms with Gasteiger partial charge >= 0.3 is 0 Å². The molecule has 1 aliphatic carbocycles. The first-order valence-electron chi connectivity index (χ1n) is 25.5. The first-order valence-corrected chi connectivity index (χ1v) is 25.5. The number of hydrogen-bond acceptors (Lipinski definition) is 3. The Kier molecular flexibility index (Phi) is 10.4. The van der Waals surface area contributed by atoms with Crippen molar-refractivity contribution in [1.82, 2.24) is 0 Å². The van der Waals surface area contributed by atoms with Crippen LogP contribution in [0.15, 0.2) is 200 Å². The Balaban J connectivity index is 1.19. The molecule has 12 rings (SSSR count). The molecule has 0 radical (unpaired) electrons. The van der Waals surface area contributed by atoms with Gasteiger partial charge in [-0.3, -0.25) is 0 Å². The van der Waals surface area contributed by atoms with Crippen LogP contribution < -0.4 is 31.1 Å². The fraction of sp³-hybridized carbons (Fsp3) is 0.194. The number of fused-ring (bicyclic) bond motifs is 5. The molecule has 71 heavy (non-hydrogen) atoms. The first-order chi connectivity index (χ1) is 34.2. The predicted molar refractivity (Wildman–Crippen MR) is 305 cm³/mol. The summed E-state index contributed by atoms with van der Waals surface area (Å²) in [7, 11) is 0. The maximum atomic E-state index is 2.66. The van der Waals surface area contributed by atoms with Crippen LogP contribution in [0.5, 0.6) is 0 Å². The van der Waals surface area contributed by atoms with Crippen molar-refractivity contribution < 1.29 is 0 Å². The van der Waals surface area contributed by atoms with Crippen LogP contribution in [-0.4, -0.2) is 6.71 Å². The summed E-state index contributed by atoms with van der Waals surface area (Å²) in [5.41, 5.74) is 26.2. The smallest absolute Gasteiger partial charge is 0.252 e. The van der Waals surface area contributed by atoms with E-state index < -0.39 is 0 Å². The van der Waals surface area contributed by atoms with E-state index in [1.54, 1.807) is 0 Å². The molecule has 9 aromatic rings. The number of hydrogen-bond donors (Lipinski definition) is 0. The molecular formula is C67H62BN3. The fourth-order valence-corrected chi connectivity index (χ4v) is 12.6. The molecule has 348 valence electrons. The largest absolute Gasteiger partial charge is 0.311 e. The highest BCUT2D eigenvalue weighted by molar-refractivity contribution is 7.00. The van der Waals surface area contributed by atoms with E-state index in [0.717, 1.165) is 23.5 Å². The molecule has 0 fully saturated rings. The van der Waals surface area contributed by atoms with Gasteiger partial charge in [0.25, 0.3) is 6.71 Å². The summed E-state index contributed by atoms with van der Waals surface area (Å²) in [5.74, 6) is 0. The number of benzene rings is 9. The Morgan fingerprint density at radius 2 is 0.958 bits per heavy atom. The Hall–Kier alpha value is -7.56. The van der Waals surface area contributed by atoms with Gasteiger partial charge in [0, 0.05) is 51.1 Å². The van der Waals surface area contributed by atoms with Crippen molar-refractivity contribution in [3.63, 3.8) is 0 Å². The molecule has 0 saturated heterocycles. The highest BCUT2D eigenvalue weighted by atomic mass is 15.2. The van der Waals surface area contributed by atoms with Crippen LogP contribution in [0.3, 0.4) is 0 Å².